The van der Waals surface area contributed by atoms with Crippen LogP contribution in [0.25, 0.3) is 0 Å². The minimum absolute atomic E-state index is 0.126. The molecular formula is C25H24Cl2N2O4. The molecule has 0 unspecified atom stereocenters. The molecule has 0 bridgehead atoms. The summed E-state index contributed by atoms with van der Waals surface area (Å²) in [6.45, 7) is 3.58. The summed E-state index contributed by atoms with van der Waals surface area (Å²) >= 11 is 12.1. The summed E-state index contributed by atoms with van der Waals surface area (Å²) in [5.74, 6) is -2.56. The summed E-state index contributed by atoms with van der Waals surface area (Å²) in [7, 11) is 0. The quantitative estimate of drug-likeness (QED) is 0.438. The number of Topliss-reactive ketones (excluding diaryl/α,β-unsaturated/α-hetero) is 1. The van der Waals surface area contributed by atoms with Crippen LogP contribution in [0.5, 0.6) is 0 Å². The molecule has 4 rings (SSSR count). The zero-order valence-electron chi connectivity index (χ0n) is 18.3. The Morgan fingerprint density at radius 2 is 1.61 bits per heavy atom. The van der Waals surface area contributed by atoms with Crippen LogP contribution in [0, 0.1) is 17.8 Å². The molecule has 1 saturated heterocycles. The first-order valence-electron chi connectivity index (χ1n) is 11.0. The first kappa shape index (κ1) is 23.5. The van der Waals surface area contributed by atoms with Crippen molar-refractivity contribution in [2.75, 3.05) is 0 Å². The van der Waals surface area contributed by atoms with Crippen LogP contribution in [-0.4, -0.2) is 39.6 Å². The standard InChI is InChI=1S/C25H24Cl2N2O4/c1-14-8-10-18-19(12-14)25(33)29(24(18)32)28(15(2)22(30)16-6-4-3-5-7-16)23(31)17-9-11-20(26)21(27)13-17/h3-7,9,11,13-15,18-19H,8,10,12H2,1-2H3/t14-,15+,18+,19-/m1/s1. The van der Waals surface area contributed by atoms with Gasteiger partial charge in [0.25, 0.3) is 17.7 Å². The molecule has 2 aromatic carbocycles. The van der Waals surface area contributed by atoms with Gasteiger partial charge < -0.3 is 0 Å². The third kappa shape index (κ3) is 4.30. The molecule has 8 heteroatoms. The second-order valence-corrected chi connectivity index (χ2v) is 9.62. The predicted molar refractivity (Wildman–Crippen MR) is 125 cm³/mol. The largest absolute Gasteiger partial charge is 0.292 e. The molecule has 2 aliphatic rings. The molecule has 1 heterocycles. The van der Waals surface area contributed by atoms with Gasteiger partial charge >= 0.3 is 0 Å². The zero-order valence-corrected chi connectivity index (χ0v) is 19.8. The fourth-order valence-corrected chi connectivity index (χ4v) is 5.04. The van der Waals surface area contributed by atoms with E-state index in [9.17, 15) is 19.2 Å². The minimum atomic E-state index is -1.10. The molecule has 1 saturated carbocycles. The van der Waals surface area contributed by atoms with Crippen LogP contribution >= 0.6 is 23.2 Å². The van der Waals surface area contributed by atoms with Gasteiger partial charge in [-0.2, -0.15) is 5.01 Å². The number of nitrogens with zero attached hydrogens (tertiary/aromatic N) is 2. The van der Waals surface area contributed by atoms with Crippen molar-refractivity contribution in [2.45, 2.75) is 39.2 Å². The smallest absolute Gasteiger partial charge is 0.273 e. The summed E-state index contributed by atoms with van der Waals surface area (Å²) in [4.78, 5) is 53.7. The molecule has 0 N–H and O–H groups in total. The highest BCUT2D eigenvalue weighted by molar-refractivity contribution is 6.42. The molecule has 1 aliphatic carbocycles. The monoisotopic (exact) mass is 486 g/mol. The van der Waals surface area contributed by atoms with Gasteiger partial charge in [-0.15, -0.1) is 0 Å². The number of hydrogen-bond acceptors (Lipinski definition) is 4. The van der Waals surface area contributed by atoms with Crippen LogP contribution in [0.3, 0.4) is 0 Å². The Balaban J connectivity index is 1.76. The van der Waals surface area contributed by atoms with Crippen LogP contribution in [0.1, 0.15) is 53.8 Å². The first-order chi connectivity index (χ1) is 15.7. The van der Waals surface area contributed by atoms with Gasteiger partial charge in [0.05, 0.1) is 21.9 Å². The summed E-state index contributed by atoms with van der Waals surface area (Å²) in [5.41, 5.74) is 0.503. The molecule has 1 aliphatic heterocycles. The number of fused-ring (bicyclic) bond motifs is 1. The minimum Gasteiger partial charge on any atom is -0.292 e. The van der Waals surface area contributed by atoms with Crippen molar-refractivity contribution in [2.24, 2.45) is 17.8 Å². The number of hydrazine groups is 1. The maximum absolute atomic E-state index is 13.7. The van der Waals surface area contributed by atoms with E-state index >= 15 is 0 Å². The van der Waals surface area contributed by atoms with Gasteiger partial charge in [-0.25, -0.2) is 5.01 Å². The third-order valence-electron chi connectivity index (χ3n) is 6.56. The summed E-state index contributed by atoms with van der Waals surface area (Å²) in [5, 5.41) is 2.33. The van der Waals surface area contributed by atoms with Crippen molar-refractivity contribution >= 4 is 46.7 Å². The van der Waals surface area contributed by atoms with E-state index in [0.717, 1.165) is 16.4 Å². The average Bonchev–Trinajstić information content (AvgIpc) is 3.05. The lowest BCUT2D eigenvalue weighted by atomic mass is 9.76. The molecule has 0 radical (unpaired) electrons. The number of rotatable bonds is 5. The van der Waals surface area contributed by atoms with E-state index in [1.807, 2.05) is 0 Å². The number of carbonyl (C=O) groups excluding carboxylic acids is 4. The number of imide groups is 1. The van der Waals surface area contributed by atoms with Crippen molar-refractivity contribution in [1.29, 1.82) is 0 Å². The fourth-order valence-electron chi connectivity index (χ4n) is 4.74. The lowest BCUT2D eigenvalue weighted by Gasteiger charge is -2.34. The van der Waals surface area contributed by atoms with Crippen molar-refractivity contribution in [3.8, 4) is 0 Å². The second kappa shape index (κ2) is 9.27. The number of halogens is 2. The van der Waals surface area contributed by atoms with Gasteiger partial charge in [0.15, 0.2) is 5.78 Å². The molecule has 6 nitrogen and oxygen atoms in total. The van der Waals surface area contributed by atoms with Crippen molar-refractivity contribution in [3.63, 3.8) is 0 Å². The van der Waals surface area contributed by atoms with Gasteiger partial charge in [0.2, 0.25) is 0 Å². The van der Waals surface area contributed by atoms with E-state index in [4.69, 9.17) is 23.2 Å². The van der Waals surface area contributed by atoms with Crippen molar-refractivity contribution < 1.29 is 19.2 Å². The Hall–Kier alpha value is -2.70. The normalized spacial score (nSPS) is 23.3. The molecule has 2 aromatic rings. The Morgan fingerprint density at radius 3 is 2.27 bits per heavy atom. The van der Waals surface area contributed by atoms with Crippen LogP contribution in [0.15, 0.2) is 48.5 Å². The maximum Gasteiger partial charge on any atom is 0.273 e. The van der Waals surface area contributed by atoms with Crippen LogP contribution < -0.4 is 0 Å². The second-order valence-electron chi connectivity index (χ2n) is 8.80. The first-order valence-corrected chi connectivity index (χ1v) is 11.7. The Bertz CT molecular complexity index is 1120. The number of carbonyl (C=O) groups is 4. The van der Waals surface area contributed by atoms with Gasteiger partial charge in [-0.05, 0) is 50.3 Å². The van der Waals surface area contributed by atoms with E-state index < -0.39 is 35.6 Å². The average molecular weight is 487 g/mol. The Morgan fingerprint density at radius 1 is 0.939 bits per heavy atom. The summed E-state index contributed by atoms with van der Waals surface area (Å²) < 4.78 is 0. The van der Waals surface area contributed by atoms with Crippen molar-refractivity contribution in [3.05, 3.63) is 69.7 Å². The zero-order chi connectivity index (χ0) is 23.9. The van der Waals surface area contributed by atoms with E-state index in [1.54, 1.807) is 30.3 Å². The highest BCUT2D eigenvalue weighted by Crippen LogP contribution is 2.41. The molecular weight excluding hydrogens is 463 g/mol. The Labute approximate surface area is 202 Å². The van der Waals surface area contributed by atoms with Crippen LogP contribution in [0.2, 0.25) is 10.0 Å². The lowest BCUT2D eigenvalue weighted by molar-refractivity contribution is -0.156. The molecule has 2 fully saturated rings. The molecule has 0 spiro atoms. The van der Waals surface area contributed by atoms with E-state index in [2.05, 4.69) is 6.92 Å². The van der Waals surface area contributed by atoms with Crippen LogP contribution in [0.4, 0.5) is 0 Å². The van der Waals surface area contributed by atoms with E-state index in [0.29, 0.717) is 24.3 Å². The van der Waals surface area contributed by atoms with Gasteiger partial charge in [0.1, 0.15) is 6.04 Å². The predicted octanol–water partition coefficient (Wildman–Crippen LogP) is 5.04. The molecule has 4 atom stereocenters. The highest BCUT2D eigenvalue weighted by Gasteiger charge is 2.54. The highest BCUT2D eigenvalue weighted by atomic mass is 35.5. The number of benzene rings is 2. The van der Waals surface area contributed by atoms with Crippen molar-refractivity contribution in [1.82, 2.24) is 10.0 Å². The SMILES string of the molecule is C[C@@H]1CC[C@@H]2C(=O)N(N(C(=O)c3ccc(Cl)c(Cl)c3)[C@@H](C)C(=O)c3ccccc3)C(=O)[C@@H]2C1. The maximum atomic E-state index is 13.7. The number of amides is 3. The van der Waals surface area contributed by atoms with Gasteiger partial charge in [-0.3, -0.25) is 19.2 Å². The molecule has 33 heavy (non-hydrogen) atoms. The number of hydrogen-bond donors (Lipinski definition) is 0. The molecule has 0 aromatic heterocycles. The van der Waals surface area contributed by atoms with E-state index in [-0.39, 0.29) is 21.4 Å². The number of ketones is 1. The van der Waals surface area contributed by atoms with Gasteiger partial charge in [0, 0.05) is 11.1 Å². The lowest BCUT2D eigenvalue weighted by Crippen LogP contribution is -2.56. The fraction of sp³-hybridized carbons (Fsp3) is 0.360. The summed E-state index contributed by atoms with van der Waals surface area (Å²) in [6, 6.07) is 11.7. The Kier molecular flexibility index (Phi) is 6.59. The van der Waals surface area contributed by atoms with E-state index in [1.165, 1.54) is 25.1 Å². The molecule has 3 amide bonds. The molecule has 172 valence electrons. The third-order valence-corrected chi connectivity index (χ3v) is 7.30. The van der Waals surface area contributed by atoms with Crippen LogP contribution in [-0.2, 0) is 9.59 Å². The topological polar surface area (TPSA) is 74.8 Å². The summed E-state index contributed by atoms with van der Waals surface area (Å²) in [6.07, 6.45) is 2.01. The van der Waals surface area contributed by atoms with Gasteiger partial charge in [-0.1, -0.05) is 60.5 Å².